The van der Waals surface area contributed by atoms with E-state index in [0.717, 1.165) is 27.5 Å². The molecule has 1 aromatic heterocycles. The lowest BCUT2D eigenvalue weighted by molar-refractivity contribution is 0.102. The number of nitrogens with one attached hydrogen (secondary N) is 2. The number of anilines is 2. The first-order valence-corrected chi connectivity index (χ1v) is 9.01. The molecule has 0 atom stereocenters. The summed E-state index contributed by atoms with van der Waals surface area (Å²) >= 11 is 7.45. The van der Waals surface area contributed by atoms with Gasteiger partial charge in [0.05, 0.1) is 10.2 Å². The molecule has 0 aliphatic rings. The van der Waals surface area contributed by atoms with Gasteiger partial charge in [0.2, 0.25) is 5.13 Å². The monoisotopic (exact) mass is 372 g/mol. The summed E-state index contributed by atoms with van der Waals surface area (Å²) in [7, 11) is 0. The van der Waals surface area contributed by atoms with E-state index >= 15 is 0 Å². The smallest absolute Gasteiger partial charge is 0.255 e. The van der Waals surface area contributed by atoms with Crippen molar-refractivity contribution in [2.45, 2.75) is 20.3 Å². The van der Waals surface area contributed by atoms with Crippen molar-refractivity contribution >= 4 is 55.6 Å². The van der Waals surface area contributed by atoms with E-state index in [1.54, 1.807) is 24.3 Å². The molecule has 0 aliphatic carbocycles. The number of carbonyl (C=O) groups is 1. The first kappa shape index (κ1) is 17.4. The lowest BCUT2D eigenvalue weighted by Gasteiger charge is -2.05. The van der Waals surface area contributed by atoms with Crippen molar-refractivity contribution in [1.29, 1.82) is 0 Å². The van der Waals surface area contributed by atoms with Gasteiger partial charge in [-0.05, 0) is 49.7 Å². The molecule has 2 aromatic carbocycles. The fourth-order valence-corrected chi connectivity index (χ4v) is 3.09. The summed E-state index contributed by atoms with van der Waals surface area (Å²) in [6, 6.07) is 12.5. The lowest BCUT2D eigenvalue weighted by Crippen LogP contribution is -2.11. The van der Waals surface area contributed by atoms with Crippen LogP contribution in [0.1, 0.15) is 30.6 Å². The maximum atomic E-state index is 12.3. The molecule has 0 spiro atoms. The number of thiazole rings is 1. The molecule has 0 fully saturated rings. The predicted octanol–water partition coefficient (Wildman–Crippen LogP) is 5.40. The van der Waals surface area contributed by atoms with E-state index in [1.807, 2.05) is 32.0 Å². The number of amides is 1. The number of hydrogen-bond donors (Lipinski definition) is 2. The normalized spacial score (nSPS) is 11.6. The maximum Gasteiger partial charge on any atom is 0.255 e. The number of hydrazone groups is 1. The molecule has 0 bridgehead atoms. The average molecular weight is 373 g/mol. The molecular formula is C18H17ClN4OS. The standard InChI is InChI=1S/C18H17ClN4OS/c1-3-11(2)22-23-18-21-15-10-14(7-8-16(15)25-18)20-17(24)12-5-4-6-13(19)9-12/h4-10H,3H2,1-2H3,(H,20,24)(H,21,23)/b22-11+. The van der Waals surface area contributed by atoms with Gasteiger partial charge in [-0.3, -0.25) is 10.2 Å². The van der Waals surface area contributed by atoms with Crippen molar-refractivity contribution in [2.24, 2.45) is 5.10 Å². The second kappa shape index (κ2) is 7.63. The van der Waals surface area contributed by atoms with Crippen molar-refractivity contribution in [3.05, 3.63) is 53.1 Å². The Morgan fingerprint density at radius 2 is 2.12 bits per heavy atom. The SMILES string of the molecule is CC/C(C)=N/Nc1nc2cc(NC(=O)c3cccc(Cl)c3)ccc2s1. The summed E-state index contributed by atoms with van der Waals surface area (Å²) < 4.78 is 1.02. The van der Waals surface area contributed by atoms with Gasteiger partial charge in [-0.2, -0.15) is 5.10 Å². The van der Waals surface area contributed by atoms with Gasteiger partial charge in [0.15, 0.2) is 0 Å². The van der Waals surface area contributed by atoms with Crippen molar-refractivity contribution in [3.63, 3.8) is 0 Å². The molecular weight excluding hydrogens is 356 g/mol. The number of carbonyl (C=O) groups excluding carboxylic acids is 1. The number of fused-ring (bicyclic) bond motifs is 1. The van der Waals surface area contributed by atoms with Gasteiger partial charge in [0, 0.05) is 22.0 Å². The Hall–Kier alpha value is -2.44. The van der Waals surface area contributed by atoms with Crippen LogP contribution in [0, 0.1) is 0 Å². The van der Waals surface area contributed by atoms with Crippen LogP contribution in [0.25, 0.3) is 10.2 Å². The molecule has 0 radical (unpaired) electrons. The Balaban J connectivity index is 1.78. The number of rotatable bonds is 5. The topological polar surface area (TPSA) is 66.4 Å². The van der Waals surface area contributed by atoms with Crippen LogP contribution < -0.4 is 10.7 Å². The highest BCUT2D eigenvalue weighted by molar-refractivity contribution is 7.22. The van der Waals surface area contributed by atoms with E-state index < -0.39 is 0 Å². The second-order valence-electron chi connectivity index (χ2n) is 5.48. The Morgan fingerprint density at radius 3 is 2.88 bits per heavy atom. The number of benzene rings is 2. The fraction of sp³-hybridized carbons (Fsp3) is 0.167. The summed E-state index contributed by atoms with van der Waals surface area (Å²) in [5, 5.41) is 8.38. The fourth-order valence-electron chi connectivity index (χ4n) is 2.11. The van der Waals surface area contributed by atoms with Crippen LogP contribution in [-0.2, 0) is 0 Å². The molecule has 0 saturated heterocycles. The van der Waals surface area contributed by atoms with Gasteiger partial charge in [-0.15, -0.1) is 0 Å². The van der Waals surface area contributed by atoms with Gasteiger partial charge < -0.3 is 5.32 Å². The third-order valence-electron chi connectivity index (χ3n) is 3.59. The zero-order valence-corrected chi connectivity index (χ0v) is 15.4. The highest BCUT2D eigenvalue weighted by Gasteiger charge is 2.09. The quantitative estimate of drug-likeness (QED) is 0.465. The van der Waals surface area contributed by atoms with Crippen LogP contribution in [0.15, 0.2) is 47.6 Å². The molecule has 1 amide bonds. The molecule has 5 nitrogen and oxygen atoms in total. The van der Waals surface area contributed by atoms with Gasteiger partial charge in [0.1, 0.15) is 0 Å². The van der Waals surface area contributed by atoms with Crippen molar-refractivity contribution < 1.29 is 4.79 Å². The molecule has 1 heterocycles. The van der Waals surface area contributed by atoms with Crippen LogP contribution in [0.2, 0.25) is 5.02 Å². The van der Waals surface area contributed by atoms with E-state index in [-0.39, 0.29) is 5.91 Å². The summed E-state index contributed by atoms with van der Waals surface area (Å²) in [4.78, 5) is 16.8. The van der Waals surface area contributed by atoms with Gasteiger partial charge in [-0.25, -0.2) is 4.98 Å². The van der Waals surface area contributed by atoms with E-state index in [2.05, 4.69) is 20.8 Å². The van der Waals surface area contributed by atoms with Crippen LogP contribution in [-0.4, -0.2) is 16.6 Å². The number of halogens is 1. The summed E-state index contributed by atoms with van der Waals surface area (Å²) in [6.45, 7) is 4.01. The van der Waals surface area contributed by atoms with Gasteiger partial charge in [-0.1, -0.05) is 35.9 Å². The van der Waals surface area contributed by atoms with Crippen molar-refractivity contribution in [3.8, 4) is 0 Å². The predicted molar refractivity (Wildman–Crippen MR) is 106 cm³/mol. The molecule has 0 saturated carbocycles. The molecule has 7 heteroatoms. The molecule has 128 valence electrons. The third kappa shape index (κ3) is 4.35. The minimum absolute atomic E-state index is 0.210. The average Bonchev–Trinajstić information content (AvgIpc) is 3.01. The maximum absolute atomic E-state index is 12.3. The third-order valence-corrected chi connectivity index (χ3v) is 4.76. The van der Waals surface area contributed by atoms with Gasteiger partial charge in [0.25, 0.3) is 5.91 Å². The molecule has 3 aromatic rings. The van der Waals surface area contributed by atoms with E-state index in [0.29, 0.717) is 16.3 Å². The number of hydrogen-bond acceptors (Lipinski definition) is 5. The number of aromatic nitrogens is 1. The summed E-state index contributed by atoms with van der Waals surface area (Å²) in [5.74, 6) is -0.210. The van der Waals surface area contributed by atoms with Crippen LogP contribution in [0.5, 0.6) is 0 Å². The van der Waals surface area contributed by atoms with Crippen molar-refractivity contribution in [1.82, 2.24) is 4.98 Å². The van der Waals surface area contributed by atoms with Crippen LogP contribution in [0.4, 0.5) is 10.8 Å². The minimum Gasteiger partial charge on any atom is -0.322 e. The molecule has 25 heavy (non-hydrogen) atoms. The largest absolute Gasteiger partial charge is 0.322 e. The zero-order valence-electron chi connectivity index (χ0n) is 13.8. The highest BCUT2D eigenvalue weighted by atomic mass is 35.5. The zero-order chi connectivity index (χ0) is 17.8. The Labute approximate surface area is 154 Å². The van der Waals surface area contributed by atoms with E-state index in [9.17, 15) is 4.79 Å². The Morgan fingerprint density at radius 1 is 1.28 bits per heavy atom. The first-order chi connectivity index (χ1) is 12.0. The minimum atomic E-state index is -0.210. The molecule has 2 N–H and O–H groups in total. The van der Waals surface area contributed by atoms with Crippen LogP contribution >= 0.6 is 22.9 Å². The number of nitrogens with zero attached hydrogens (tertiary/aromatic N) is 2. The summed E-state index contributed by atoms with van der Waals surface area (Å²) in [6.07, 6.45) is 0.886. The summed E-state index contributed by atoms with van der Waals surface area (Å²) in [5.41, 5.74) is 5.98. The van der Waals surface area contributed by atoms with E-state index in [4.69, 9.17) is 11.6 Å². The molecule has 0 unspecified atom stereocenters. The van der Waals surface area contributed by atoms with Gasteiger partial charge >= 0.3 is 0 Å². The van der Waals surface area contributed by atoms with Crippen molar-refractivity contribution in [2.75, 3.05) is 10.7 Å². The molecule has 3 rings (SSSR count). The van der Waals surface area contributed by atoms with E-state index in [1.165, 1.54) is 11.3 Å². The highest BCUT2D eigenvalue weighted by Crippen LogP contribution is 2.28. The van der Waals surface area contributed by atoms with Crippen LogP contribution in [0.3, 0.4) is 0 Å². The second-order valence-corrected chi connectivity index (χ2v) is 6.95. The first-order valence-electron chi connectivity index (χ1n) is 7.82. The Bertz CT molecular complexity index is 951. The molecule has 0 aliphatic heterocycles. The lowest BCUT2D eigenvalue weighted by atomic mass is 10.2. The Kier molecular flexibility index (Phi) is 5.31.